The molecule has 0 aromatic rings. The van der Waals surface area contributed by atoms with Gasteiger partial charge in [0.25, 0.3) is 0 Å². The number of aliphatic hydroxyl groups is 15. The van der Waals surface area contributed by atoms with Crippen LogP contribution in [0.2, 0.25) is 0 Å². The average molecular weight is 1220 g/mol. The monoisotopic (exact) mass is 1220 g/mol. The molecule has 0 spiro atoms. The molecule has 85 heavy (non-hydrogen) atoms. The Bertz CT molecular complexity index is 2420. The number of hydrogen-bond acceptors (Lipinski definition) is 27. The molecule has 0 radical (unpaired) electrons. The second-order valence-electron chi connectivity index (χ2n) is 27.5. The van der Waals surface area contributed by atoms with E-state index in [1.54, 1.807) is 0 Å². The predicted molar refractivity (Wildman–Crippen MR) is 281 cm³/mol. The third kappa shape index (κ3) is 10.9. The first-order valence-corrected chi connectivity index (χ1v) is 29.9. The molecular weight excluding hydrogens is 1130 g/mol. The number of carbonyl (C=O) groups excluding carboxylic acids is 1. The molecule has 10 rings (SSSR count). The Morgan fingerprint density at radius 2 is 1.25 bits per heavy atom. The lowest BCUT2D eigenvalue weighted by atomic mass is 9.36. The van der Waals surface area contributed by atoms with Crippen LogP contribution in [0, 0.1) is 50.7 Å². The fraction of sp³-hybridized carbons (Fsp3) is 0.930. The van der Waals surface area contributed by atoms with E-state index in [2.05, 4.69) is 19.9 Å². The number of carboxylic acid groups (broad SMARTS) is 1. The highest BCUT2D eigenvalue weighted by atomic mass is 16.8. The summed E-state index contributed by atoms with van der Waals surface area (Å²) in [6, 6.07) is 0. The summed E-state index contributed by atoms with van der Waals surface area (Å²) in [6.45, 7) is 7.43. The third-order valence-electron chi connectivity index (χ3n) is 22.1. The molecular formula is C57H90O28. The van der Waals surface area contributed by atoms with Gasteiger partial charge in [-0.2, -0.15) is 0 Å². The van der Waals surface area contributed by atoms with E-state index in [9.17, 15) is 86.5 Å². The summed E-state index contributed by atoms with van der Waals surface area (Å²) in [6.07, 6.45) is -33.1. The summed E-state index contributed by atoms with van der Waals surface area (Å²) in [5.41, 5.74) is -6.53. The van der Waals surface area contributed by atoms with Crippen molar-refractivity contribution < 1.29 is 139 Å². The molecule has 5 aliphatic heterocycles. The highest BCUT2D eigenvalue weighted by Crippen LogP contribution is 2.73. The van der Waals surface area contributed by atoms with Crippen molar-refractivity contribution in [2.45, 2.75) is 246 Å². The van der Waals surface area contributed by atoms with Gasteiger partial charge in [0.1, 0.15) is 91.1 Å². The normalized spacial score (nSPS) is 54.2. The summed E-state index contributed by atoms with van der Waals surface area (Å²) < 4.78 is 60.0. The van der Waals surface area contributed by atoms with Crippen LogP contribution < -0.4 is 0 Å². The number of hydrogen-bond donors (Lipinski definition) is 16. The summed E-state index contributed by atoms with van der Waals surface area (Å²) in [4.78, 5) is 29.5. The first-order chi connectivity index (χ1) is 39.9. The Kier molecular flexibility index (Phi) is 18.6. The van der Waals surface area contributed by atoms with E-state index in [-0.39, 0.29) is 37.2 Å². The van der Waals surface area contributed by atoms with Gasteiger partial charge in [-0.15, -0.1) is 0 Å². The molecule has 28 heteroatoms. The van der Waals surface area contributed by atoms with Crippen molar-refractivity contribution in [3.63, 3.8) is 0 Å². The maximum absolute atomic E-state index is 15.7. The largest absolute Gasteiger partial charge is 0.481 e. The molecule has 0 aromatic carbocycles. The molecule has 0 amide bonds. The second-order valence-corrected chi connectivity index (χ2v) is 27.5. The Labute approximate surface area is 491 Å². The lowest BCUT2D eigenvalue weighted by Gasteiger charge is -2.68. The number of fused-ring (bicyclic) bond motifs is 7. The highest BCUT2D eigenvalue weighted by molar-refractivity contribution is 5.79. The van der Waals surface area contributed by atoms with Crippen molar-refractivity contribution in [2.24, 2.45) is 50.7 Å². The Balaban J connectivity index is 0.939. The molecule has 0 aromatic heterocycles. The number of aliphatic hydroxyl groups excluding tert-OH is 14. The first kappa shape index (κ1) is 65.7. The van der Waals surface area contributed by atoms with Gasteiger partial charge in [-0.05, 0) is 113 Å². The zero-order valence-electron chi connectivity index (χ0n) is 48.6. The predicted octanol–water partition coefficient (Wildman–Crippen LogP) is -4.26. The molecule has 5 heterocycles. The standard InChI is InChI=1S/C57H90O28/c1-22-32(63)41(82-49-43(71)57(75,20-60)21-77-49)42(83-46-39(70)36(67)40(23(2)79-46)81-45-37(68)33(64)28(62)18-76-45)48(78-22)85-51(74)55-11-9-25-24(26(55)15-52(3,4)13-14-55)7-8-31-53(5)16-27(61)44(84-47-38(69)35(66)34(65)29(17-58)80-47)54(6,50(72)73)30(53)10-12-56(25,31)19-59/h7,22-23,25-49,58-71,75H,8-21H2,1-6H3,(H,72,73)/t22-,23+,25-,26+,27+,28-,29-,30-,31-,32+,33+,34-,35+,36+,37-,38-,39-,40+,41+,42-,43+,44+,45+,46+,47+,48+,49+,53+,54+,55-,56-,57-/m1/s1. The van der Waals surface area contributed by atoms with E-state index in [0.717, 1.165) is 5.57 Å². The zero-order chi connectivity index (χ0) is 62.0. The number of carbonyl (C=O) groups is 2. The number of esters is 1. The van der Waals surface area contributed by atoms with Gasteiger partial charge in [-0.25, -0.2) is 0 Å². The number of allylic oxidation sites excluding steroid dienone is 2. The minimum absolute atomic E-state index is 0.000247. The molecule has 32 atom stereocenters. The van der Waals surface area contributed by atoms with Crippen molar-refractivity contribution in [1.29, 1.82) is 0 Å². The Morgan fingerprint density at radius 1 is 0.600 bits per heavy atom. The molecule has 0 bridgehead atoms. The van der Waals surface area contributed by atoms with E-state index in [1.807, 2.05) is 6.92 Å². The summed E-state index contributed by atoms with van der Waals surface area (Å²) in [5.74, 6) is -3.98. The lowest BCUT2D eigenvalue weighted by molar-refractivity contribution is -0.382. The fourth-order valence-corrected chi connectivity index (χ4v) is 17.1. The highest BCUT2D eigenvalue weighted by Gasteiger charge is 2.72. The van der Waals surface area contributed by atoms with Crippen LogP contribution in [0.15, 0.2) is 11.6 Å². The molecule has 5 saturated heterocycles. The molecule has 4 saturated carbocycles. The van der Waals surface area contributed by atoms with Gasteiger partial charge < -0.3 is 129 Å². The lowest BCUT2D eigenvalue weighted by Crippen LogP contribution is -2.70. The van der Waals surface area contributed by atoms with Gasteiger partial charge in [0.05, 0.1) is 55.6 Å². The van der Waals surface area contributed by atoms with Crippen LogP contribution in [0.3, 0.4) is 0 Å². The van der Waals surface area contributed by atoms with Gasteiger partial charge in [0.15, 0.2) is 31.3 Å². The average Bonchev–Trinajstić information content (AvgIpc) is 1.06. The smallest absolute Gasteiger partial charge is 0.315 e. The van der Waals surface area contributed by atoms with E-state index in [0.29, 0.717) is 38.5 Å². The molecule has 486 valence electrons. The van der Waals surface area contributed by atoms with Crippen LogP contribution in [-0.2, 0) is 57.0 Å². The van der Waals surface area contributed by atoms with Crippen molar-refractivity contribution >= 4 is 11.9 Å². The molecule has 10 aliphatic rings. The zero-order valence-corrected chi connectivity index (χ0v) is 48.6. The molecule has 16 N–H and O–H groups in total. The van der Waals surface area contributed by atoms with Gasteiger partial charge in [0.2, 0.25) is 6.29 Å². The van der Waals surface area contributed by atoms with E-state index in [1.165, 1.54) is 20.8 Å². The number of rotatable bonds is 14. The SMILES string of the molecule is C[C@@H]1O[C@@H](O[C@H]2[C@H](OC(=O)[C@@]34CC[C@@H]5C(=CC[C@@H]6[C@@]7(C)C[C@H](O)[C@H](O[C@@H]8O[C@H](CO)[C@@H](O)[C@H](O)[C@H]8O)[C@@](C)(C(=O)O)[C@@H]7CC[C@@]56CO)[C@@H]3CC(C)(C)CC4)O[C@H](C)[C@H](O)[C@@H]2O[C@@H]2OC[C@](O)(CO)[C@H]2O)[C@H](O)[C@H](O)[C@H]1O[C@@H]1OC[C@@H](O)[C@H](O)[C@H]1O. The maximum Gasteiger partial charge on any atom is 0.315 e. The number of aliphatic carboxylic acids is 1. The van der Waals surface area contributed by atoms with Gasteiger partial charge in [-0.3, -0.25) is 9.59 Å². The van der Waals surface area contributed by atoms with Gasteiger partial charge in [0, 0.05) is 12.0 Å². The van der Waals surface area contributed by atoms with E-state index in [4.69, 9.17) is 47.4 Å². The van der Waals surface area contributed by atoms with Crippen LogP contribution in [0.25, 0.3) is 0 Å². The van der Waals surface area contributed by atoms with Crippen LogP contribution in [0.4, 0.5) is 0 Å². The van der Waals surface area contributed by atoms with Gasteiger partial charge in [-0.1, -0.05) is 32.4 Å². The van der Waals surface area contributed by atoms with Crippen LogP contribution >= 0.6 is 0 Å². The summed E-state index contributed by atoms with van der Waals surface area (Å²) in [5, 5.41) is 175. The molecule has 5 aliphatic carbocycles. The molecule has 9 fully saturated rings. The maximum atomic E-state index is 15.7. The second kappa shape index (κ2) is 24.1. The minimum Gasteiger partial charge on any atom is -0.481 e. The van der Waals surface area contributed by atoms with Crippen molar-refractivity contribution in [2.75, 3.05) is 33.0 Å². The third-order valence-corrected chi connectivity index (χ3v) is 22.1. The van der Waals surface area contributed by atoms with Crippen LogP contribution in [0.5, 0.6) is 0 Å². The van der Waals surface area contributed by atoms with Crippen LogP contribution in [-0.4, -0.2) is 274 Å². The first-order valence-electron chi connectivity index (χ1n) is 29.9. The van der Waals surface area contributed by atoms with Crippen LogP contribution in [0.1, 0.15) is 99.3 Å². The fourth-order valence-electron chi connectivity index (χ4n) is 17.1. The van der Waals surface area contributed by atoms with Crippen molar-refractivity contribution in [3.8, 4) is 0 Å². The van der Waals surface area contributed by atoms with E-state index >= 15 is 4.79 Å². The Morgan fingerprint density at radius 3 is 1.91 bits per heavy atom. The minimum atomic E-state index is -2.19. The quantitative estimate of drug-likeness (QED) is 0.0445. The summed E-state index contributed by atoms with van der Waals surface area (Å²) in [7, 11) is 0. The van der Waals surface area contributed by atoms with Gasteiger partial charge >= 0.3 is 11.9 Å². The topological polar surface area (TPSA) is 450 Å². The van der Waals surface area contributed by atoms with Crippen molar-refractivity contribution in [3.05, 3.63) is 11.6 Å². The van der Waals surface area contributed by atoms with Crippen molar-refractivity contribution in [1.82, 2.24) is 0 Å². The molecule has 0 unspecified atom stereocenters. The Hall–Kier alpha value is -2.28. The molecule has 28 nitrogen and oxygen atoms in total. The number of ether oxygens (including phenoxy) is 10. The number of carboxylic acids is 1. The van der Waals surface area contributed by atoms with E-state index < -0.39 is 225 Å². The summed E-state index contributed by atoms with van der Waals surface area (Å²) >= 11 is 0.